The van der Waals surface area contributed by atoms with Gasteiger partial charge in [0.25, 0.3) is 0 Å². The molecule has 0 bridgehead atoms. The van der Waals surface area contributed by atoms with Gasteiger partial charge in [0.05, 0.1) is 0 Å². The topological polar surface area (TPSA) is 24.1 Å². The molecule has 0 amide bonds. The van der Waals surface area contributed by atoms with Gasteiger partial charge in [-0.3, -0.25) is 0 Å². The van der Waals surface area contributed by atoms with Crippen LogP contribution in [0.25, 0.3) is 0 Å². The highest BCUT2D eigenvalue weighted by atomic mass is 79.9. The molecule has 1 saturated carbocycles. The van der Waals surface area contributed by atoms with Gasteiger partial charge >= 0.3 is 0 Å². The molecular formula is C17H24BrClN2. The molecule has 1 aliphatic heterocycles. The van der Waals surface area contributed by atoms with Crippen LogP contribution in [0.1, 0.15) is 44.9 Å². The minimum absolute atomic E-state index is 0.576. The van der Waals surface area contributed by atoms with Gasteiger partial charge in [-0.15, -0.1) is 0 Å². The summed E-state index contributed by atoms with van der Waals surface area (Å²) < 4.78 is 1.07. The van der Waals surface area contributed by atoms with E-state index in [1.165, 1.54) is 57.2 Å². The monoisotopic (exact) mass is 370 g/mol. The molecule has 1 aromatic carbocycles. The first-order chi connectivity index (χ1) is 10.2. The zero-order chi connectivity index (χ0) is 14.7. The van der Waals surface area contributed by atoms with Gasteiger partial charge in [-0.05, 0) is 72.3 Å². The molecule has 2 aliphatic rings. The van der Waals surface area contributed by atoms with Gasteiger partial charge < -0.3 is 10.6 Å². The van der Waals surface area contributed by atoms with Gasteiger partial charge in [-0.25, -0.2) is 0 Å². The number of benzene rings is 1. The Morgan fingerprint density at radius 2 is 1.90 bits per heavy atom. The maximum absolute atomic E-state index is 6.04. The number of piperidine rings is 1. The van der Waals surface area contributed by atoms with E-state index in [1.54, 1.807) is 0 Å². The Kier molecular flexibility index (Phi) is 5.47. The predicted molar refractivity (Wildman–Crippen MR) is 94.2 cm³/mol. The van der Waals surface area contributed by atoms with Crippen LogP contribution in [0.2, 0.25) is 5.02 Å². The molecule has 1 aliphatic carbocycles. The fourth-order valence-electron chi connectivity index (χ4n) is 3.87. The molecule has 2 N–H and O–H groups in total. The van der Waals surface area contributed by atoms with Crippen LogP contribution in [0.5, 0.6) is 0 Å². The predicted octanol–water partition coefficient (Wildman–Crippen LogP) is 5.22. The van der Waals surface area contributed by atoms with Crippen molar-refractivity contribution >= 4 is 33.2 Å². The maximum Gasteiger partial charge on any atom is 0.0487 e. The highest BCUT2D eigenvalue weighted by molar-refractivity contribution is 9.10. The van der Waals surface area contributed by atoms with Gasteiger partial charge in [-0.1, -0.05) is 30.9 Å². The summed E-state index contributed by atoms with van der Waals surface area (Å²) in [7, 11) is 0. The normalized spacial score (nSPS) is 30.1. The van der Waals surface area contributed by atoms with E-state index < -0.39 is 0 Å². The first-order valence-corrected chi connectivity index (χ1v) is 9.36. The van der Waals surface area contributed by atoms with Crippen molar-refractivity contribution in [1.29, 1.82) is 0 Å². The average molecular weight is 372 g/mol. The molecule has 1 aromatic rings. The summed E-state index contributed by atoms with van der Waals surface area (Å²) in [6, 6.07) is 7.30. The summed E-state index contributed by atoms with van der Waals surface area (Å²) in [5.41, 5.74) is 1.17. The van der Waals surface area contributed by atoms with Crippen molar-refractivity contribution in [2.75, 3.05) is 11.9 Å². The van der Waals surface area contributed by atoms with Crippen LogP contribution in [-0.4, -0.2) is 18.6 Å². The highest BCUT2D eigenvalue weighted by Crippen LogP contribution is 2.34. The second-order valence-corrected chi connectivity index (χ2v) is 7.67. The van der Waals surface area contributed by atoms with Gasteiger partial charge in [0.2, 0.25) is 0 Å². The minimum atomic E-state index is 0.576. The van der Waals surface area contributed by atoms with E-state index in [9.17, 15) is 0 Å². The number of hydrogen-bond acceptors (Lipinski definition) is 2. The Labute approximate surface area is 141 Å². The fraction of sp³-hybridized carbons (Fsp3) is 0.647. The summed E-state index contributed by atoms with van der Waals surface area (Å²) in [4.78, 5) is 0. The minimum Gasteiger partial charge on any atom is -0.381 e. The molecule has 3 atom stereocenters. The van der Waals surface area contributed by atoms with Crippen LogP contribution >= 0.6 is 27.5 Å². The van der Waals surface area contributed by atoms with E-state index in [2.05, 4.69) is 32.6 Å². The number of hydrogen-bond donors (Lipinski definition) is 2. The van der Waals surface area contributed by atoms with Gasteiger partial charge in [0, 0.05) is 27.3 Å². The summed E-state index contributed by atoms with van der Waals surface area (Å²) in [5.74, 6) is 0.752. The maximum atomic E-state index is 6.04. The van der Waals surface area contributed by atoms with Gasteiger partial charge in [0.15, 0.2) is 0 Å². The molecule has 4 heteroatoms. The Bertz CT molecular complexity index is 474. The van der Waals surface area contributed by atoms with E-state index in [1.807, 2.05) is 12.1 Å². The second kappa shape index (κ2) is 7.34. The first-order valence-electron chi connectivity index (χ1n) is 8.19. The van der Waals surface area contributed by atoms with Crippen molar-refractivity contribution in [3.8, 4) is 0 Å². The van der Waals surface area contributed by atoms with Crippen LogP contribution in [0.3, 0.4) is 0 Å². The molecule has 2 fully saturated rings. The molecule has 21 heavy (non-hydrogen) atoms. The Morgan fingerprint density at radius 1 is 1.10 bits per heavy atom. The van der Waals surface area contributed by atoms with E-state index in [-0.39, 0.29) is 0 Å². The smallest absolute Gasteiger partial charge is 0.0487 e. The lowest BCUT2D eigenvalue weighted by atomic mass is 9.77. The van der Waals surface area contributed by atoms with Gasteiger partial charge in [-0.2, -0.15) is 0 Å². The average Bonchev–Trinajstić information content (AvgIpc) is 2.51. The largest absolute Gasteiger partial charge is 0.381 e. The fourth-order valence-corrected chi connectivity index (χ4v) is 4.67. The van der Waals surface area contributed by atoms with E-state index >= 15 is 0 Å². The van der Waals surface area contributed by atoms with Crippen molar-refractivity contribution in [1.82, 2.24) is 5.32 Å². The van der Waals surface area contributed by atoms with E-state index in [4.69, 9.17) is 11.6 Å². The summed E-state index contributed by atoms with van der Waals surface area (Å²) >= 11 is 9.67. The first kappa shape index (κ1) is 15.6. The highest BCUT2D eigenvalue weighted by Gasteiger charge is 2.32. The van der Waals surface area contributed by atoms with Crippen molar-refractivity contribution in [2.24, 2.45) is 5.92 Å². The van der Waals surface area contributed by atoms with Crippen molar-refractivity contribution in [3.05, 3.63) is 27.7 Å². The third kappa shape index (κ3) is 3.94. The number of anilines is 1. The van der Waals surface area contributed by atoms with Crippen molar-refractivity contribution in [3.63, 3.8) is 0 Å². The Hall–Kier alpha value is -0.250. The van der Waals surface area contributed by atoms with Crippen LogP contribution in [-0.2, 0) is 0 Å². The van der Waals surface area contributed by atoms with E-state index in [0.29, 0.717) is 12.1 Å². The number of halogens is 2. The molecule has 0 radical (unpaired) electrons. The summed E-state index contributed by atoms with van der Waals surface area (Å²) in [6.45, 7) is 1.19. The standard InChI is InChI=1S/C17H24BrClN2/c18-14-11-12(19)8-9-17(14)21-16-7-2-1-5-13(16)15-6-3-4-10-20-15/h8-9,11,13,15-16,20-21H,1-7,10H2. The zero-order valence-electron chi connectivity index (χ0n) is 12.4. The Morgan fingerprint density at radius 3 is 2.67 bits per heavy atom. The van der Waals surface area contributed by atoms with Crippen molar-refractivity contribution < 1.29 is 0 Å². The van der Waals surface area contributed by atoms with Crippen LogP contribution in [0, 0.1) is 5.92 Å². The number of nitrogens with one attached hydrogen (secondary N) is 2. The molecule has 1 saturated heterocycles. The molecule has 3 rings (SSSR count). The summed E-state index contributed by atoms with van der Waals surface area (Å²) in [5, 5.41) is 8.31. The van der Waals surface area contributed by atoms with Crippen LogP contribution in [0.4, 0.5) is 5.69 Å². The summed E-state index contributed by atoms with van der Waals surface area (Å²) in [6.07, 6.45) is 9.40. The molecule has 2 nitrogen and oxygen atoms in total. The quantitative estimate of drug-likeness (QED) is 0.761. The lowest BCUT2D eigenvalue weighted by molar-refractivity contribution is 0.217. The molecule has 0 aromatic heterocycles. The second-order valence-electron chi connectivity index (χ2n) is 6.38. The number of rotatable bonds is 3. The lowest BCUT2D eigenvalue weighted by Crippen LogP contribution is -2.48. The van der Waals surface area contributed by atoms with Crippen molar-refractivity contribution in [2.45, 2.75) is 57.0 Å². The zero-order valence-corrected chi connectivity index (χ0v) is 14.7. The molecule has 3 unspecified atom stereocenters. The van der Waals surface area contributed by atoms with Gasteiger partial charge in [0.1, 0.15) is 0 Å². The molecule has 0 spiro atoms. The van der Waals surface area contributed by atoms with E-state index in [0.717, 1.165) is 15.4 Å². The lowest BCUT2D eigenvalue weighted by Gasteiger charge is -2.40. The van der Waals surface area contributed by atoms with Crippen LogP contribution in [0.15, 0.2) is 22.7 Å². The van der Waals surface area contributed by atoms with Crippen LogP contribution < -0.4 is 10.6 Å². The third-order valence-electron chi connectivity index (χ3n) is 4.96. The SMILES string of the molecule is Clc1ccc(NC2CCCCC2C2CCCCN2)c(Br)c1. The molecule has 1 heterocycles. The Balaban J connectivity index is 1.71. The molecular weight excluding hydrogens is 348 g/mol. The molecule has 116 valence electrons. The third-order valence-corrected chi connectivity index (χ3v) is 5.85.